The Bertz CT molecular complexity index is 633. The lowest BCUT2D eigenvalue weighted by Crippen LogP contribution is -2.36. The summed E-state index contributed by atoms with van der Waals surface area (Å²) < 4.78 is 0. The van der Waals surface area contributed by atoms with E-state index in [9.17, 15) is 0 Å². The SMILES string of the molecule is Cc1cc(CN)ccc1CN1c2ccccc2CCC1C. The highest BCUT2D eigenvalue weighted by Gasteiger charge is 2.22. The summed E-state index contributed by atoms with van der Waals surface area (Å²) >= 11 is 0. The lowest BCUT2D eigenvalue weighted by atomic mass is 9.95. The molecule has 2 aromatic carbocycles. The van der Waals surface area contributed by atoms with Crippen LogP contribution in [0, 0.1) is 6.92 Å². The molecule has 0 saturated heterocycles. The number of para-hydroxylation sites is 1. The molecule has 2 heteroatoms. The predicted molar refractivity (Wildman–Crippen MR) is 89.5 cm³/mol. The van der Waals surface area contributed by atoms with Crippen LogP contribution in [0.2, 0.25) is 0 Å². The summed E-state index contributed by atoms with van der Waals surface area (Å²) in [6.07, 6.45) is 2.43. The minimum absolute atomic E-state index is 0.591. The molecule has 2 nitrogen and oxygen atoms in total. The molecule has 0 fully saturated rings. The van der Waals surface area contributed by atoms with Gasteiger partial charge in [0.2, 0.25) is 0 Å². The molecule has 0 spiro atoms. The van der Waals surface area contributed by atoms with Gasteiger partial charge in [-0.05, 0) is 55.0 Å². The molecular formula is C19H24N2. The van der Waals surface area contributed by atoms with Crippen LogP contribution >= 0.6 is 0 Å². The molecule has 1 aliphatic heterocycles. The Balaban J connectivity index is 1.90. The average Bonchev–Trinajstić information content (AvgIpc) is 2.51. The molecule has 0 radical (unpaired) electrons. The van der Waals surface area contributed by atoms with Crippen LogP contribution in [0.5, 0.6) is 0 Å². The van der Waals surface area contributed by atoms with E-state index in [0.29, 0.717) is 12.6 Å². The van der Waals surface area contributed by atoms with Gasteiger partial charge >= 0.3 is 0 Å². The zero-order valence-electron chi connectivity index (χ0n) is 13.0. The Hall–Kier alpha value is -1.80. The van der Waals surface area contributed by atoms with E-state index in [4.69, 9.17) is 5.73 Å². The number of fused-ring (bicyclic) bond motifs is 1. The van der Waals surface area contributed by atoms with Crippen molar-refractivity contribution in [3.8, 4) is 0 Å². The van der Waals surface area contributed by atoms with Crippen LogP contribution in [-0.4, -0.2) is 6.04 Å². The van der Waals surface area contributed by atoms with Gasteiger partial charge < -0.3 is 10.6 Å². The second kappa shape index (κ2) is 5.90. The van der Waals surface area contributed by atoms with Gasteiger partial charge in [-0.25, -0.2) is 0 Å². The van der Waals surface area contributed by atoms with Crippen LogP contribution in [0.1, 0.15) is 35.6 Å². The fourth-order valence-corrected chi connectivity index (χ4v) is 3.25. The predicted octanol–water partition coefficient (Wildman–Crippen LogP) is 3.80. The normalized spacial score (nSPS) is 17.7. The Labute approximate surface area is 127 Å². The van der Waals surface area contributed by atoms with E-state index in [2.05, 4.69) is 61.2 Å². The number of aryl methyl sites for hydroxylation is 2. The number of nitrogens with zero attached hydrogens (tertiary/aromatic N) is 1. The minimum Gasteiger partial charge on any atom is -0.364 e. The summed E-state index contributed by atoms with van der Waals surface area (Å²) in [5.74, 6) is 0. The van der Waals surface area contributed by atoms with E-state index < -0.39 is 0 Å². The quantitative estimate of drug-likeness (QED) is 0.926. The number of hydrogen-bond donors (Lipinski definition) is 1. The maximum absolute atomic E-state index is 5.73. The fourth-order valence-electron chi connectivity index (χ4n) is 3.25. The summed E-state index contributed by atoms with van der Waals surface area (Å²) in [7, 11) is 0. The molecule has 3 rings (SSSR count). The van der Waals surface area contributed by atoms with Crippen LogP contribution in [-0.2, 0) is 19.5 Å². The monoisotopic (exact) mass is 280 g/mol. The molecule has 1 heterocycles. The van der Waals surface area contributed by atoms with E-state index in [0.717, 1.165) is 6.54 Å². The number of benzene rings is 2. The summed E-state index contributed by atoms with van der Waals surface area (Å²) in [5, 5.41) is 0. The third-order valence-corrected chi connectivity index (χ3v) is 4.65. The molecule has 0 amide bonds. The molecular weight excluding hydrogens is 256 g/mol. The van der Waals surface area contributed by atoms with Gasteiger partial charge in [-0.2, -0.15) is 0 Å². The average molecular weight is 280 g/mol. The summed E-state index contributed by atoms with van der Waals surface area (Å²) in [6.45, 7) is 6.12. The first-order valence-corrected chi connectivity index (χ1v) is 7.82. The highest BCUT2D eigenvalue weighted by Crippen LogP contribution is 2.32. The first kappa shape index (κ1) is 14.2. The van der Waals surface area contributed by atoms with Crippen molar-refractivity contribution in [3.05, 3.63) is 64.7 Å². The highest BCUT2D eigenvalue weighted by molar-refractivity contribution is 5.57. The lowest BCUT2D eigenvalue weighted by Gasteiger charge is -2.37. The van der Waals surface area contributed by atoms with Crippen molar-refractivity contribution >= 4 is 5.69 Å². The molecule has 0 aliphatic carbocycles. The molecule has 21 heavy (non-hydrogen) atoms. The molecule has 1 aliphatic rings. The Morgan fingerprint density at radius 1 is 1.19 bits per heavy atom. The third-order valence-electron chi connectivity index (χ3n) is 4.65. The maximum Gasteiger partial charge on any atom is 0.0435 e. The number of nitrogens with two attached hydrogens (primary N) is 1. The fraction of sp³-hybridized carbons (Fsp3) is 0.368. The van der Waals surface area contributed by atoms with Crippen LogP contribution in [0.3, 0.4) is 0 Å². The lowest BCUT2D eigenvalue weighted by molar-refractivity contribution is 0.559. The number of hydrogen-bond acceptors (Lipinski definition) is 2. The van der Waals surface area contributed by atoms with Gasteiger partial charge in [0.25, 0.3) is 0 Å². The van der Waals surface area contributed by atoms with Gasteiger partial charge in [0.15, 0.2) is 0 Å². The van der Waals surface area contributed by atoms with Gasteiger partial charge in [0.1, 0.15) is 0 Å². The van der Waals surface area contributed by atoms with Crippen molar-refractivity contribution in [2.75, 3.05) is 4.90 Å². The van der Waals surface area contributed by atoms with Crippen molar-refractivity contribution < 1.29 is 0 Å². The standard InChI is InChI=1S/C19H24N2/c1-14-11-16(12-20)8-10-18(14)13-21-15(2)7-9-17-5-3-4-6-19(17)21/h3-6,8,10-11,15H,7,9,12-13,20H2,1-2H3. The van der Waals surface area contributed by atoms with Crippen molar-refractivity contribution in [2.45, 2.75) is 45.8 Å². The van der Waals surface area contributed by atoms with Crippen molar-refractivity contribution in [1.29, 1.82) is 0 Å². The number of anilines is 1. The number of rotatable bonds is 3. The van der Waals surface area contributed by atoms with E-state index in [-0.39, 0.29) is 0 Å². The van der Waals surface area contributed by atoms with Gasteiger partial charge in [-0.1, -0.05) is 36.4 Å². The van der Waals surface area contributed by atoms with Crippen molar-refractivity contribution in [2.24, 2.45) is 5.73 Å². The Morgan fingerprint density at radius 3 is 2.76 bits per heavy atom. The highest BCUT2D eigenvalue weighted by atomic mass is 15.2. The smallest absolute Gasteiger partial charge is 0.0435 e. The molecule has 1 unspecified atom stereocenters. The third kappa shape index (κ3) is 2.81. The zero-order chi connectivity index (χ0) is 14.8. The van der Waals surface area contributed by atoms with Crippen LogP contribution in [0.15, 0.2) is 42.5 Å². The largest absolute Gasteiger partial charge is 0.364 e. The van der Waals surface area contributed by atoms with E-state index >= 15 is 0 Å². The first-order valence-electron chi connectivity index (χ1n) is 7.82. The van der Waals surface area contributed by atoms with Gasteiger partial charge in [0.05, 0.1) is 0 Å². The van der Waals surface area contributed by atoms with Gasteiger partial charge in [0, 0.05) is 24.8 Å². The summed E-state index contributed by atoms with van der Waals surface area (Å²) in [5.41, 5.74) is 12.6. The molecule has 1 atom stereocenters. The minimum atomic E-state index is 0.591. The van der Waals surface area contributed by atoms with Gasteiger partial charge in [-0.3, -0.25) is 0 Å². The van der Waals surface area contributed by atoms with Crippen molar-refractivity contribution in [3.63, 3.8) is 0 Å². The summed E-state index contributed by atoms with van der Waals surface area (Å²) in [6, 6.07) is 16.0. The summed E-state index contributed by atoms with van der Waals surface area (Å²) in [4.78, 5) is 2.54. The van der Waals surface area contributed by atoms with E-state index in [1.165, 1.54) is 40.8 Å². The zero-order valence-corrected chi connectivity index (χ0v) is 13.0. The van der Waals surface area contributed by atoms with Crippen LogP contribution in [0.25, 0.3) is 0 Å². The first-order chi connectivity index (χ1) is 10.2. The molecule has 0 bridgehead atoms. The maximum atomic E-state index is 5.73. The molecule has 2 N–H and O–H groups in total. The molecule has 2 aromatic rings. The van der Waals surface area contributed by atoms with E-state index in [1.54, 1.807) is 0 Å². The Kier molecular flexibility index (Phi) is 3.98. The van der Waals surface area contributed by atoms with Gasteiger partial charge in [-0.15, -0.1) is 0 Å². The van der Waals surface area contributed by atoms with E-state index in [1.807, 2.05) is 0 Å². The second-order valence-electron chi connectivity index (χ2n) is 6.11. The molecule has 0 aromatic heterocycles. The second-order valence-corrected chi connectivity index (χ2v) is 6.11. The van der Waals surface area contributed by atoms with Crippen molar-refractivity contribution in [1.82, 2.24) is 0 Å². The molecule has 0 saturated carbocycles. The van der Waals surface area contributed by atoms with Crippen LogP contribution < -0.4 is 10.6 Å². The Morgan fingerprint density at radius 2 is 2.00 bits per heavy atom. The van der Waals surface area contributed by atoms with Crippen LogP contribution in [0.4, 0.5) is 5.69 Å². The topological polar surface area (TPSA) is 29.3 Å². The molecule has 110 valence electrons.